The van der Waals surface area contributed by atoms with E-state index in [0.717, 1.165) is 12.2 Å². The molecule has 1 aromatic carbocycles. The molecule has 0 saturated heterocycles. The zero-order valence-corrected chi connectivity index (χ0v) is 10.9. The molecule has 18 heavy (non-hydrogen) atoms. The number of carbonyl (C=O) groups is 1. The zero-order chi connectivity index (χ0) is 12.6. The van der Waals surface area contributed by atoms with E-state index >= 15 is 0 Å². The molecule has 1 saturated carbocycles. The summed E-state index contributed by atoms with van der Waals surface area (Å²) in [5, 5.41) is 0. The zero-order valence-electron chi connectivity index (χ0n) is 10.9. The van der Waals surface area contributed by atoms with Gasteiger partial charge in [0.25, 0.3) is 0 Å². The highest BCUT2D eigenvalue weighted by Crippen LogP contribution is 2.23. The lowest BCUT2D eigenvalue weighted by Crippen LogP contribution is -2.18. The molecule has 0 atom stereocenters. The summed E-state index contributed by atoms with van der Waals surface area (Å²) < 4.78 is 5.56. The molecule has 0 unspecified atom stereocenters. The fraction of sp³-hybridized carbons (Fsp3) is 0.562. The third-order valence-corrected chi connectivity index (χ3v) is 3.59. The Morgan fingerprint density at radius 2 is 1.83 bits per heavy atom. The van der Waals surface area contributed by atoms with Crippen LogP contribution in [-0.4, -0.2) is 19.0 Å². The lowest BCUT2D eigenvalue weighted by atomic mass is 9.90. The predicted octanol–water partition coefficient (Wildman–Crippen LogP) is 3.40. The molecule has 1 aliphatic rings. The van der Waals surface area contributed by atoms with Gasteiger partial charge in [0.1, 0.15) is 6.61 Å². The molecule has 0 spiro atoms. The molecular weight excluding hydrogens is 224 g/mol. The Morgan fingerprint density at radius 3 is 2.56 bits per heavy atom. The van der Waals surface area contributed by atoms with Crippen LogP contribution in [0.1, 0.15) is 37.7 Å². The van der Waals surface area contributed by atoms with Crippen LogP contribution in [0.3, 0.4) is 0 Å². The number of ketones is 1. The topological polar surface area (TPSA) is 26.3 Å². The molecule has 0 bridgehead atoms. The van der Waals surface area contributed by atoms with Gasteiger partial charge in [-0.15, -0.1) is 0 Å². The third-order valence-electron chi connectivity index (χ3n) is 3.59. The Hall–Kier alpha value is -1.15. The molecule has 0 amide bonds. The quantitative estimate of drug-likeness (QED) is 0.769. The van der Waals surface area contributed by atoms with Crippen molar-refractivity contribution in [2.75, 3.05) is 13.2 Å². The van der Waals surface area contributed by atoms with Gasteiger partial charge < -0.3 is 4.74 Å². The highest BCUT2D eigenvalue weighted by Gasteiger charge is 2.14. The summed E-state index contributed by atoms with van der Waals surface area (Å²) in [4.78, 5) is 11.7. The first-order chi connectivity index (χ1) is 8.84. The Morgan fingerprint density at radius 1 is 1.11 bits per heavy atom. The Balaban J connectivity index is 1.62. The maximum atomic E-state index is 11.7. The normalized spacial score (nSPS) is 16.7. The summed E-state index contributed by atoms with van der Waals surface area (Å²) in [6.07, 6.45) is 7.05. The predicted molar refractivity (Wildman–Crippen MR) is 72.5 cm³/mol. The van der Waals surface area contributed by atoms with Crippen molar-refractivity contribution in [3.63, 3.8) is 0 Å². The van der Waals surface area contributed by atoms with E-state index in [4.69, 9.17) is 4.74 Å². The molecule has 98 valence electrons. The van der Waals surface area contributed by atoms with Crippen molar-refractivity contribution in [1.82, 2.24) is 0 Å². The van der Waals surface area contributed by atoms with Crippen molar-refractivity contribution in [2.45, 2.75) is 38.5 Å². The van der Waals surface area contributed by atoms with Crippen molar-refractivity contribution >= 4 is 5.78 Å². The first-order valence-corrected chi connectivity index (χ1v) is 6.98. The van der Waals surface area contributed by atoms with Gasteiger partial charge in [0, 0.05) is 13.0 Å². The van der Waals surface area contributed by atoms with Gasteiger partial charge in [0.05, 0.1) is 0 Å². The Kier molecular flexibility index (Phi) is 5.40. The number of ether oxygens (including phenoxy) is 1. The van der Waals surface area contributed by atoms with Gasteiger partial charge in [-0.05, 0) is 24.3 Å². The van der Waals surface area contributed by atoms with Gasteiger partial charge in [-0.3, -0.25) is 4.79 Å². The van der Waals surface area contributed by atoms with Gasteiger partial charge in [-0.2, -0.15) is 0 Å². The van der Waals surface area contributed by atoms with E-state index in [0.29, 0.717) is 12.3 Å². The molecule has 1 aromatic rings. The highest BCUT2D eigenvalue weighted by atomic mass is 16.5. The van der Waals surface area contributed by atoms with Crippen molar-refractivity contribution in [3.8, 4) is 0 Å². The molecule has 0 radical (unpaired) electrons. The average Bonchev–Trinajstić information content (AvgIpc) is 2.41. The Labute approximate surface area is 109 Å². The molecule has 0 heterocycles. The van der Waals surface area contributed by atoms with Crippen LogP contribution in [0.2, 0.25) is 0 Å². The average molecular weight is 246 g/mol. The summed E-state index contributed by atoms with van der Waals surface area (Å²) in [6.45, 7) is 1.03. The molecule has 2 nitrogen and oxygen atoms in total. The van der Waals surface area contributed by atoms with Crippen LogP contribution in [-0.2, 0) is 16.0 Å². The van der Waals surface area contributed by atoms with Gasteiger partial charge >= 0.3 is 0 Å². The minimum absolute atomic E-state index is 0.178. The van der Waals surface area contributed by atoms with Crippen molar-refractivity contribution in [2.24, 2.45) is 5.92 Å². The largest absolute Gasteiger partial charge is 0.373 e. The molecule has 2 rings (SSSR count). The minimum Gasteiger partial charge on any atom is -0.373 e. The van der Waals surface area contributed by atoms with Crippen molar-refractivity contribution < 1.29 is 9.53 Å². The van der Waals surface area contributed by atoms with Crippen LogP contribution in [0, 0.1) is 5.92 Å². The van der Waals surface area contributed by atoms with E-state index in [2.05, 4.69) is 0 Å². The number of hydrogen-bond acceptors (Lipinski definition) is 2. The van der Waals surface area contributed by atoms with Gasteiger partial charge in [-0.1, -0.05) is 49.6 Å². The fourth-order valence-electron chi connectivity index (χ4n) is 2.57. The number of carbonyl (C=O) groups excluding carboxylic acids is 1. The second-order valence-electron chi connectivity index (χ2n) is 5.22. The van der Waals surface area contributed by atoms with Crippen LogP contribution < -0.4 is 0 Å². The van der Waals surface area contributed by atoms with Crippen LogP contribution in [0.25, 0.3) is 0 Å². The first-order valence-electron chi connectivity index (χ1n) is 6.98. The molecule has 1 aliphatic carbocycles. The summed E-state index contributed by atoms with van der Waals surface area (Å²) in [5.74, 6) is 0.861. The molecule has 1 fully saturated rings. The fourth-order valence-corrected chi connectivity index (χ4v) is 2.57. The minimum atomic E-state index is 0.178. The third kappa shape index (κ3) is 4.61. The van der Waals surface area contributed by atoms with E-state index in [9.17, 15) is 4.79 Å². The molecule has 0 aromatic heterocycles. The highest BCUT2D eigenvalue weighted by molar-refractivity contribution is 5.82. The van der Waals surface area contributed by atoms with Gasteiger partial charge in [0.2, 0.25) is 0 Å². The molecule has 0 aliphatic heterocycles. The van der Waals surface area contributed by atoms with Crippen LogP contribution in [0.15, 0.2) is 30.3 Å². The maximum Gasteiger partial charge on any atom is 0.162 e. The monoisotopic (exact) mass is 246 g/mol. The molecular formula is C16H22O2. The summed E-state index contributed by atoms with van der Waals surface area (Å²) in [7, 11) is 0. The van der Waals surface area contributed by atoms with E-state index in [1.54, 1.807) is 0 Å². The van der Waals surface area contributed by atoms with Gasteiger partial charge in [-0.25, -0.2) is 0 Å². The van der Waals surface area contributed by atoms with Crippen LogP contribution in [0.4, 0.5) is 0 Å². The number of rotatable bonds is 6. The van der Waals surface area contributed by atoms with Crippen molar-refractivity contribution in [1.29, 1.82) is 0 Å². The van der Waals surface area contributed by atoms with E-state index in [1.807, 2.05) is 30.3 Å². The standard InChI is InChI=1S/C16H22O2/c17-16(11-14-7-3-1-4-8-14)13-18-12-15-9-5-2-6-10-15/h1,3-4,7-8,15H,2,5-6,9-13H2. The lowest BCUT2D eigenvalue weighted by molar-refractivity contribution is -0.123. The Bertz CT molecular complexity index is 353. The number of Topliss-reactive ketones (excluding diaryl/α,β-unsaturated/α-hetero) is 1. The summed E-state index contributed by atoms with van der Waals surface area (Å²) >= 11 is 0. The SMILES string of the molecule is O=C(COCC1CCCCC1)Cc1ccccc1. The molecule has 0 N–H and O–H groups in total. The van der Waals surface area contributed by atoms with E-state index < -0.39 is 0 Å². The van der Waals surface area contributed by atoms with Crippen molar-refractivity contribution in [3.05, 3.63) is 35.9 Å². The number of benzene rings is 1. The summed E-state index contributed by atoms with van der Waals surface area (Å²) in [6, 6.07) is 9.86. The number of hydrogen-bond donors (Lipinski definition) is 0. The van der Waals surface area contributed by atoms with E-state index in [1.165, 1.54) is 32.1 Å². The second-order valence-corrected chi connectivity index (χ2v) is 5.22. The second kappa shape index (κ2) is 7.32. The van der Waals surface area contributed by atoms with Crippen LogP contribution in [0.5, 0.6) is 0 Å². The summed E-state index contributed by atoms with van der Waals surface area (Å²) in [5.41, 5.74) is 1.07. The smallest absolute Gasteiger partial charge is 0.162 e. The van der Waals surface area contributed by atoms with Crippen LogP contribution >= 0.6 is 0 Å². The maximum absolute atomic E-state index is 11.7. The molecule has 2 heteroatoms. The van der Waals surface area contributed by atoms with Gasteiger partial charge in [0.15, 0.2) is 5.78 Å². The lowest BCUT2D eigenvalue weighted by Gasteiger charge is -2.21. The first kappa shape index (κ1) is 13.3. The van der Waals surface area contributed by atoms with E-state index in [-0.39, 0.29) is 12.4 Å².